The first-order chi connectivity index (χ1) is 8.77. The SMILES string of the molecule is CCCCNC(=O)CN(CCO)C1CCCCC1. The standard InChI is InChI=1S/C14H28N2O2/c1-2-3-9-15-14(18)12-16(10-11-17)13-7-5-4-6-8-13/h13,17H,2-12H2,1H3,(H,15,18). The highest BCUT2D eigenvalue weighted by Crippen LogP contribution is 2.22. The zero-order valence-electron chi connectivity index (χ0n) is 11.7. The van der Waals surface area contributed by atoms with E-state index in [1.807, 2.05) is 0 Å². The van der Waals surface area contributed by atoms with E-state index in [-0.39, 0.29) is 12.5 Å². The molecular weight excluding hydrogens is 228 g/mol. The summed E-state index contributed by atoms with van der Waals surface area (Å²) < 4.78 is 0. The number of aliphatic hydroxyl groups excluding tert-OH is 1. The molecule has 0 aliphatic heterocycles. The van der Waals surface area contributed by atoms with E-state index in [0.717, 1.165) is 19.4 Å². The summed E-state index contributed by atoms with van der Waals surface area (Å²) in [5.41, 5.74) is 0. The van der Waals surface area contributed by atoms with Crippen LogP contribution in [0.1, 0.15) is 51.9 Å². The van der Waals surface area contributed by atoms with Crippen molar-refractivity contribution in [3.8, 4) is 0 Å². The molecule has 4 heteroatoms. The van der Waals surface area contributed by atoms with E-state index in [9.17, 15) is 4.79 Å². The molecule has 0 radical (unpaired) electrons. The van der Waals surface area contributed by atoms with Gasteiger partial charge in [0.05, 0.1) is 13.2 Å². The average Bonchev–Trinajstić information content (AvgIpc) is 2.39. The zero-order chi connectivity index (χ0) is 13.2. The highest BCUT2D eigenvalue weighted by Gasteiger charge is 2.22. The van der Waals surface area contributed by atoms with Gasteiger partial charge >= 0.3 is 0 Å². The molecule has 1 fully saturated rings. The highest BCUT2D eigenvalue weighted by atomic mass is 16.3. The van der Waals surface area contributed by atoms with Crippen LogP contribution >= 0.6 is 0 Å². The number of nitrogens with one attached hydrogen (secondary N) is 1. The summed E-state index contributed by atoms with van der Waals surface area (Å²) in [7, 11) is 0. The Morgan fingerprint density at radius 1 is 1.33 bits per heavy atom. The molecule has 1 amide bonds. The maximum atomic E-state index is 11.8. The molecule has 1 rings (SSSR count). The van der Waals surface area contributed by atoms with Gasteiger partial charge in [-0.2, -0.15) is 0 Å². The molecule has 1 aliphatic carbocycles. The van der Waals surface area contributed by atoms with E-state index < -0.39 is 0 Å². The van der Waals surface area contributed by atoms with Gasteiger partial charge in [-0.25, -0.2) is 0 Å². The minimum absolute atomic E-state index is 0.0995. The molecule has 106 valence electrons. The van der Waals surface area contributed by atoms with Crippen molar-refractivity contribution in [3.63, 3.8) is 0 Å². The van der Waals surface area contributed by atoms with Gasteiger partial charge in [0.15, 0.2) is 0 Å². The van der Waals surface area contributed by atoms with Crippen LogP contribution in [0.15, 0.2) is 0 Å². The molecule has 0 spiro atoms. The molecule has 0 aromatic rings. The largest absolute Gasteiger partial charge is 0.395 e. The summed E-state index contributed by atoms with van der Waals surface area (Å²) in [6.45, 7) is 4.08. The lowest BCUT2D eigenvalue weighted by atomic mass is 9.94. The molecular formula is C14H28N2O2. The summed E-state index contributed by atoms with van der Waals surface area (Å²) in [4.78, 5) is 14.0. The quantitative estimate of drug-likeness (QED) is 0.648. The molecule has 0 unspecified atom stereocenters. The Labute approximate surface area is 111 Å². The van der Waals surface area contributed by atoms with Crippen LogP contribution in [-0.2, 0) is 4.79 Å². The fraction of sp³-hybridized carbons (Fsp3) is 0.929. The van der Waals surface area contributed by atoms with Gasteiger partial charge in [0.1, 0.15) is 0 Å². The van der Waals surface area contributed by atoms with Crippen molar-refractivity contribution in [2.45, 2.75) is 57.9 Å². The molecule has 18 heavy (non-hydrogen) atoms. The number of carbonyl (C=O) groups is 1. The fourth-order valence-corrected chi connectivity index (χ4v) is 2.61. The molecule has 1 aliphatic rings. The Hall–Kier alpha value is -0.610. The van der Waals surface area contributed by atoms with Crippen LogP contribution in [0.5, 0.6) is 0 Å². The lowest BCUT2D eigenvalue weighted by Crippen LogP contribution is -2.45. The number of carbonyl (C=O) groups excluding carboxylic acids is 1. The number of nitrogens with zero attached hydrogens (tertiary/aromatic N) is 1. The fourth-order valence-electron chi connectivity index (χ4n) is 2.61. The topological polar surface area (TPSA) is 52.6 Å². The Balaban J connectivity index is 2.33. The number of hydrogen-bond donors (Lipinski definition) is 2. The second kappa shape index (κ2) is 9.34. The molecule has 2 N–H and O–H groups in total. The second-order valence-corrected chi connectivity index (χ2v) is 5.19. The van der Waals surface area contributed by atoms with Crippen molar-refractivity contribution >= 4 is 5.91 Å². The minimum Gasteiger partial charge on any atom is -0.395 e. The number of aliphatic hydroxyl groups is 1. The molecule has 1 saturated carbocycles. The summed E-state index contributed by atoms with van der Waals surface area (Å²) in [5, 5.41) is 12.1. The van der Waals surface area contributed by atoms with Gasteiger partial charge in [0.2, 0.25) is 5.91 Å². The van der Waals surface area contributed by atoms with Crippen LogP contribution in [0.4, 0.5) is 0 Å². The van der Waals surface area contributed by atoms with Gasteiger partial charge in [-0.05, 0) is 19.3 Å². The Morgan fingerprint density at radius 3 is 2.67 bits per heavy atom. The van der Waals surface area contributed by atoms with Crippen molar-refractivity contribution in [3.05, 3.63) is 0 Å². The first kappa shape index (κ1) is 15.4. The maximum absolute atomic E-state index is 11.8. The third-order valence-electron chi connectivity index (χ3n) is 3.68. The smallest absolute Gasteiger partial charge is 0.234 e. The van der Waals surface area contributed by atoms with E-state index in [0.29, 0.717) is 19.1 Å². The van der Waals surface area contributed by atoms with E-state index in [1.54, 1.807) is 0 Å². The van der Waals surface area contributed by atoms with Crippen LogP contribution < -0.4 is 5.32 Å². The second-order valence-electron chi connectivity index (χ2n) is 5.19. The van der Waals surface area contributed by atoms with Crippen LogP contribution in [-0.4, -0.2) is 48.2 Å². The Morgan fingerprint density at radius 2 is 2.06 bits per heavy atom. The number of amides is 1. The monoisotopic (exact) mass is 256 g/mol. The summed E-state index contributed by atoms with van der Waals surface area (Å²) in [6.07, 6.45) is 8.29. The Bertz CT molecular complexity index is 228. The molecule has 4 nitrogen and oxygen atoms in total. The third-order valence-corrected chi connectivity index (χ3v) is 3.68. The predicted molar refractivity (Wildman–Crippen MR) is 73.4 cm³/mol. The van der Waals surface area contributed by atoms with Crippen molar-refractivity contribution in [1.29, 1.82) is 0 Å². The lowest BCUT2D eigenvalue weighted by molar-refractivity contribution is -0.123. The van der Waals surface area contributed by atoms with Crippen molar-refractivity contribution in [2.75, 3.05) is 26.2 Å². The first-order valence-electron chi connectivity index (χ1n) is 7.39. The van der Waals surface area contributed by atoms with Crippen LogP contribution in [0.2, 0.25) is 0 Å². The molecule has 0 saturated heterocycles. The average molecular weight is 256 g/mol. The molecule has 0 aromatic carbocycles. The zero-order valence-corrected chi connectivity index (χ0v) is 11.7. The summed E-state index contributed by atoms with van der Waals surface area (Å²) in [5.74, 6) is 0.0995. The Kier molecular flexibility index (Phi) is 8.01. The minimum atomic E-state index is 0.0995. The normalized spacial score (nSPS) is 17.1. The van der Waals surface area contributed by atoms with E-state index in [2.05, 4.69) is 17.1 Å². The third kappa shape index (κ3) is 5.83. The lowest BCUT2D eigenvalue weighted by Gasteiger charge is -2.33. The van der Waals surface area contributed by atoms with Gasteiger partial charge in [-0.15, -0.1) is 0 Å². The van der Waals surface area contributed by atoms with Gasteiger partial charge in [0.25, 0.3) is 0 Å². The number of rotatable bonds is 8. The molecule has 0 atom stereocenters. The van der Waals surface area contributed by atoms with Crippen molar-refractivity contribution < 1.29 is 9.90 Å². The molecule has 0 heterocycles. The van der Waals surface area contributed by atoms with Gasteiger partial charge in [0, 0.05) is 19.1 Å². The van der Waals surface area contributed by atoms with E-state index >= 15 is 0 Å². The first-order valence-corrected chi connectivity index (χ1v) is 7.39. The number of hydrogen-bond acceptors (Lipinski definition) is 3. The van der Waals surface area contributed by atoms with Crippen LogP contribution in [0, 0.1) is 0 Å². The van der Waals surface area contributed by atoms with Crippen molar-refractivity contribution in [1.82, 2.24) is 10.2 Å². The molecule has 0 aromatic heterocycles. The van der Waals surface area contributed by atoms with E-state index in [4.69, 9.17) is 5.11 Å². The summed E-state index contributed by atoms with van der Waals surface area (Å²) >= 11 is 0. The van der Waals surface area contributed by atoms with Crippen molar-refractivity contribution in [2.24, 2.45) is 0 Å². The maximum Gasteiger partial charge on any atom is 0.234 e. The predicted octanol–water partition coefficient (Wildman–Crippen LogP) is 1.53. The van der Waals surface area contributed by atoms with E-state index in [1.165, 1.54) is 32.1 Å². The molecule has 0 bridgehead atoms. The van der Waals surface area contributed by atoms with Crippen LogP contribution in [0.25, 0.3) is 0 Å². The summed E-state index contributed by atoms with van der Waals surface area (Å²) in [6, 6.07) is 0.489. The highest BCUT2D eigenvalue weighted by molar-refractivity contribution is 5.78. The van der Waals surface area contributed by atoms with Crippen LogP contribution in [0.3, 0.4) is 0 Å². The van der Waals surface area contributed by atoms with Gasteiger partial charge in [-0.1, -0.05) is 32.6 Å². The number of unbranched alkanes of at least 4 members (excludes halogenated alkanes) is 1. The van der Waals surface area contributed by atoms with Gasteiger partial charge in [-0.3, -0.25) is 9.69 Å². The van der Waals surface area contributed by atoms with Gasteiger partial charge < -0.3 is 10.4 Å².